The second-order valence-electron chi connectivity index (χ2n) is 6.69. The number of fused-ring (bicyclic) bond motifs is 1. The summed E-state index contributed by atoms with van der Waals surface area (Å²) < 4.78 is 13.3. The lowest BCUT2D eigenvalue weighted by Crippen LogP contribution is -2.53. The fourth-order valence-corrected chi connectivity index (χ4v) is 3.62. The van der Waals surface area contributed by atoms with Crippen molar-refractivity contribution in [2.75, 3.05) is 32.7 Å². The molecule has 0 saturated carbocycles. The lowest BCUT2D eigenvalue weighted by molar-refractivity contribution is -0.126. The molecule has 7 heteroatoms. The van der Waals surface area contributed by atoms with Gasteiger partial charge in [-0.05, 0) is 37.4 Å². The van der Waals surface area contributed by atoms with Gasteiger partial charge in [-0.25, -0.2) is 9.18 Å². The van der Waals surface area contributed by atoms with Gasteiger partial charge in [0.2, 0.25) is 0 Å². The molecule has 0 bridgehead atoms. The Kier molecular flexibility index (Phi) is 6.25. The maximum atomic E-state index is 14.4. The summed E-state index contributed by atoms with van der Waals surface area (Å²) in [4.78, 5) is 19.2. The summed E-state index contributed by atoms with van der Waals surface area (Å²) >= 11 is 6.17. The van der Waals surface area contributed by atoms with Crippen LogP contribution in [0.15, 0.2) is 47.5 Å². The molecule has 148 valence electrons. The van der Waals surface area contributed by atoms with Crippen LogP contribution in [0.1, 0.15) is 25.0 Å². The van der Waals surface area contributed by atoms with E-state index in [-0.39, 0.29) is 30.1 Å². The van der Waals surface area contributed by atoms with Gasteiger partial charge in [0.15, 0.2) is 6.54 Å². The molecule has 1 aliphatic heterocycles. The summed E-state index contributed by atoms with van der Waals surface area (Å²) in [5.41, 5.74) is 1.18. The number of carbonyl (C=O) groups excluding carboxylic acids is 1. The largest absolute Gasteiger partial charge is 0.620 e. The number of rotatable bonds is 6. The number of amides is 1. The predicted molar refractivity (Wildman–Crippen MR) is 111 cm³/mol. The average molecular weight is 404 g/mol. The fraction of sp³-hybridized carbons (Fsp3) is 0.333. The van der Waals surface area contributed by atoms with Gasteiger partial charge in [-0.2, -0.15) is 0 Å². The summed E-state index contributed by atoms with van der Waals surface area (Å²) in [6, 6.07) is 10.9. The molecule has 1 amide bonds. The van der Waals surface area contributed by atoms with Crippen LogP contribution in [0, 0.1) is 11.0 Å². The van der Waals surface area contributed by atoms with Crippen molar-refractivity contribution >= 4 is 28.9 Å². The molecule has 2 aromatic carbocycles. The average Bonchev–Trinajstić information content (AvgIpc) is 2.79. The lowest BCUT2D eigenvalue weighted by Gasteiger charge is -2.40. The van der Waals surface area contributed by atoms with Crippen molar-refractivity contribution in [2.24, 2.45) is 4.99 Å². The molecule has 0 radical (unpaired) electrons. The monoisotopic (exact) mass is 403 g/mol. The van der Waals surface area contributed by atoms with Crippen molar-refractivity contribution in [1.82, 2.24) is 9.55 Å². The van der Waals surface area contributed by atoms with Gasteiger partial charge in [0.25, 0.3) is 0 Å². The molecular weight excluding hydrogens is 381 g/mol. The Bertz CT molecular complexity index is 914. The molecule has 1 heterocycles. The van der Waals surface area contributed by atoms with E-state index in [1.165, 1.54) is 6.07 Å². The number of carbonyl (C=O) groups is 1. The standard InChI is InChI=1S/C21H23ClFN3O2/c1-3-25(4-2)11-12-26(28)19-10-9-15(22)13-17(19)21(24-14-20(26)27)16-7-5-6-8-18(16)23/h5-10,13H,3-4,11-12,14H2,1-2H3. The Balaban J connectivity index is 2.12. The first-order valence-corrected chi connectivity index (χ1v) is 9.73. The SMILES string of the molecule is CCN(CC)CC[N+]1([O-])C(=O)CN=C(c2ccccc2F)c2cc(Cl)ccc21. The van der Waals surface area contributed by atoms with Gasteiger partial charge in [0.1, 0.15) is 18.0 Å². The molecule has 5 nitrogen and oxygen atoms in total. The molecule has 0 N–H and O–H groups in total. The van der Waals surface area contributed by atoms with E-state index in [0.717, 1.165) is 13.1 Å². The van der Waals surface area contributed by atoms with Gasteiger partial charge in [-0.3, -0.25) is 14.5 Å². The summed E-state index contributed by atoms with van der Waals surface area (Å²) in [6.07, 6.45) is 0. The summed E-state index contributed by atoms with van der Waals surface area (Å²) in [6.45, 7) is 5.82. The highest BCUT2D eigenvalue weighted by atomic mass is 35.5. The molecule has 3 rings (SSSR count). The van der Waals surface area contributed by atoms with Crippen LogP contribution in [0.4, 0.5) is 10.1 Å². The molecule has 0 spiro atoms. The normalized spacial score (nSPS) is 19.4. The van der Waals surface area contributed by atoms with E-state index >= 15 is 0 Å². The third kappa shape index (κ3) is 3.86. The van der Waals surface area contributed by atoms with Crippen molar-refractivity contribution in [2.45, 2.75) is 13.8 Å². The molecule has 2 aromatic rings. The van der Waals surface area contributed by atoms with Crippen LogP contribution >= 0.6 is 11.6 Å². The van der Waals surface area contributed by atoms with Crippen molar-refractivity contribution in [3.05, 3.63) is 69.6 Å². The smallest absolute Gasteiger partial charge is 0.340 e. The zero-order valence-corrected chi connectivity index (χ0v) is 16.7. The minimum absolute atomic E-state index is 0.0647. The van der Waals surface area contributed by atoms with Crippen molar-refractivity contribution in [3.63, 3.8) is 0 Å². The van der Waals surface area contributed by atoms with Crippen molar-refractivity contribution < 1.29 is 9.18 Å². The lowest BCUT2D eigenvalue weighted by atomic mass is 9.99. The Morgan fingerprint density at radius 3 is 2.57 bits per heavy atom. The molecule has 0 fully saturated rings. The van der Waals surface area contributed by atoms with E-state index in [0.29, 0.717) is 17.1 Å². The van der Waals surface area contributed by atoms with Gasteiger partial charge in [0.05, 0.1) is 11.3 Å². The molecule has 0 saturated heterocycles. The van der Waals surface area contributed by atoms with Crippen LogP contribution in [-0.2, 0) is 4.79 Å². The second kappa shape index (κ2) is 8.49. The minimum atomic E-state index is -1.13. The molecule has 1 aliphatic rings. The molecule has 1 atom stereocenters. The summed E-state index contributed by atoms with van der Waals surface area (Å²) in [7, 11) is 0. The molecule has 1 unspecified atom stereocenters. The second-order valence-corrected chi connectivity index (χ2v) is 7.13. The van der Waals surface area contributed by atoms with E-state index in [1.807, 2.05) is 13.8 Å². The molecule has 0 aliphatic carbocycles. The first-order valence-electron chi connectivity index (χ1n) is 9.35. The highest BCUT2D eigenvalue weighted by Crippen LogP contribution is 2.34. The van der Waals surface area contributed by atoms with Gasteiger partial charge in [-0.1, -0.05) is 37.6 Å². The Hall–Kier alpha value is -2.12. The quantitative estimate of drug-likeness (QED) is 0.541. The van der Waals surface area contributed by atoms with Crippen molar-refractivity contribution in [1.29, 1.82) is 0 Å². The first-order chi connectivity index (χ1) is 13.4. The Morgan fingerprint density at radius 2 is 1.89 bits per heavy atom. The number of quaternary nitrogens is 1. The number of benzodiazepines with no additional fused rings is 1. The topological polar surface area (TPSA) is 55.7 Å². The van der Waals surface area contributed by atoms with Gasteiger partial charge >= 0.3 is 5.91 Å². The molecular formula is C21H23ClFN3O2. The van der Waals surface area contributed by atoms with E-state index in [2.05, 4.69) is 9.89 Å². The van der Waals surface area contributed by atoms with E-state index < -0.39 is 16.4 Å². The Labute approximate surface area is 169 Å². The van der Waals surface area contributed by atoms with E-state index in [9.17, 15) is 14.4 Å². The van der Waals surface area contributed by atoms with Crippen LogP contribution < -0.4 is 4.65 Å². The highest BCUT2D eigenvalue weighted by molar-refractivity contribution is 6.31. The number of nitrogens with zero attached hydrogens (tertiary/aromatic N) is 3. The first kappa shape index (κ1) is 20.6. The zero-order chi connectivity index (χ0) is 20.3. The van der Waals surface area contributed by atoms with Crippen LogP contribution in [0.3, 0.4) is 0 Å². The van der Waals surface area contributed by atoms with Crippen LogP contribution in [0.2, 0.25) is 5.02 Å². The maximum Gasteiger partial charge on any atom is 0.340 e. The molecule has 28 heavy (non-hydrogen) atoms. The maximum absolute atomic E-state index is 14.4. The van der Waals surface area contributed by atoms with Crippen LogP contribution in [-0.4, -0.2) is 49.2 Å². The van der Waals surface area contributed by atoms with E-state index in [1.54, 1.807) is 36.4 Å². The van der Waals surface area contributed by atoms with Gasteiger partial charge < -0.3 is 5.21 Å². The number of hydroxylamine groups is 2. The minimum Gasteiger partial charge on any atom is -0.620 e. The number of benzene rings is 2. The Morgan fingerprint density at radius 1 is 1.18 bits per heavy atom. The number of likely N-dealkylation sites (N-methyl/N-ethyl adjacent to an activating group) is 1. The van der Waals surface area contributed by atoms with Crippen LogP contribution in [0.25, 0.3) is 0 Å². The number of hydrogen-bond donors (Lipinski definition) is 0. The number of halogens is 2. The number of hydrogen-bond acceptors (Lipinski definition) is 4. The van der Waals surface area contributed by atoms with Crippen LogP contribution in [0.5, 0.6) is 0 Å². The third-order valence-corrected chi connectivity index (χ3v) is 5.37. The molecule has 0 aromatic heterocycles. The highest BCUT2D eigenvalue weighted by Gasteiger charge is 2.37. The van der Waals surface area contributed by atoms with Gasteiger partial charge in [0, 0.05) is 23.2 Å². The van der Waals surface area contributed by atoms with Crippen molar-refractivity contribution in [3.8, 4) is 0 Å². The van der Waals surface area contributed by atoms with Gasteiger partial charge in [-0.15, -0.1) is 0 Å². The number of aliphatic imine (C=N–C) groups is 1. The zero-order valence-electron chi connectivity index (χ0n) is 16.0. The fourth-order valence-electron chi connectivity index (χ4n) is 3.44. The predicted octanol–water partition coefficient (Wildman–Crippen LogP) is 4.00. The van der Waals surface area contributed by atoms with E-state index in [4.69, 9.17) is 11.6 Å². The summed E-state index contributed by atoms with van der Waals surface area (Å²) in [5, 5.41) is 14.2. The third-order valence-electron chi connectivity index (χ3n) is 5.13. The summed E-state index contributed by atoms with van der Waals surface area (Å²) in [5.74, 6) is -1.03.